The molecule has 0 fully saturated rings. The summed E-state index contributed by atoms with van der Waals surface area (Å²) in [6, 6.07) is 3.74. The Balaban J connectivity index is 2.94. The average molecular weight is 238 g/mol. The summed E-state index contributed by atoms with van der Waals surface area (Å²) in [5.74, 6) is -2.11. The molecular weight excluding hydrogens is 227 g/mol. The third-order valence-corrected chi connectivity index (χ3v) is 2.01. The van der Waals surface area contributed by atoms with Gasteiger partial charge in [-0.05, 0) is 18.2 Å². The van der Waals surface area contributed by atoms with E-state index in [1.807, 2.05) is 0 Å². The minimum atomic E-state index is -1.01. The fourth-order valence-corrected chi connectivity index (χ4v) is 1.20. The maximum absolute atomic E-state index is 13.3. The van der Waals surface area contributed by atoms with Crippen LogP contribution in [0.4, 0.5) is 4.39 Å². The van der Waals surface area contributed by atoms with Crippen molar-refractivity contribution in [3.05, 3.63) is 41.2 Å². The first-order chi connectivity index (χ1) is 8.04. The highest BCUT2D eigenvalue weighted by Crippen LogP contribution is 2.13. The molecule has 0 heterocycles. The predicted octanol–water partition coefficient (Wildman–Crippen LogP) is 2.10. The first kappa shape index (κ1) is 12.9. The van der Waals surface area contributed by atoms with Crippen molar-refractivity contribution in [2.75, 3.05) is 7.11 Å². The van der Waals surface area contributed by atoms with E-state index in [1.54, 1.807) is 0 Å². The molecule has 90 valence electrons. The van der Waals surface area contributed by atoms with E-state index in [9.17, 15) is 14.0 Å². The Labute approximate surface area is 97.3 Å². The summed E-state index contributed by atoms with van der Waals surface area (Å²) in [5, 5.41) is 8.42. The molecule has 1 aromatic rings. The van der Waals surface area contributed by atoms with Crippen LogP contribution in [0.25, 0.3) is 6.08 Å². The van der Waals surface area contributed by atoms with Crippen molar-refractivity contribution < 1.29 is 23.8 Å². The number of hydrogen-bond acceptors (Lipinski definition) is 3. The van der Waals surface area contributed by atoms with E-state index in [0.717, 1.165) is 6.07 Å². The number of benzene rings is 1. The van der Waals surface area contributed by atoms with Gasteiger partial charge in [0, 0.05) is 5.56 Å². The molecule has 0 saturated heterocycles. The van der Waals surface area contributed by atoms with Gasteiger partial charge >= 0.3 is 11.9 Å². The van der Waals surface area contributed by atoms with Gasteiger partial charge in [-0.3, -0.25) is 4.79 Å². The molecule has 0 unspecified atom stereocenters. The molecule has 0 saturated carbocycles. The second-order valence-corrected chi connectivity index (χ2v) is 3.23. The Bertz CT molecular complexity index is 466. The molecule has 0 aliphatic heterocycles. The van der Waals surface area contributed by atoms with Crippen LogP contribution >= 0.6 is 0 Å². The minimum Gasteiger partial charge on any atom is -0.481 e. The number of aliphatic carboxylic acids is 1. The highest BCUT2D eigenvalue weighted by Gasteiger charge is 2.08. The lowest BCUT2D eigenvalue weighted by Crippen LogP contribution is -2.01. The van der Waals surface area contributed by atoms with Gasteiger partial charge in [-0.2, -0.15) is 0 Å². The maximum Gasteiger partial charge on any atom is 0.337 e. The molecule has 1 rings (SSSR count). The second-order valence-electron chi connectivity index (χ2n) is 3.23. The molecule has 0 radical (unpaired) electrons. The van der Waals surface area contributed by atoms with Gasteiger partial charge in [0.25, 0.3) is 0 Å². The van der Waals surface area contributed by atoms with Gasteiger partial charge in [0.2, 0.25) is 0 Å². The zero-order chi connectivity index (χ0) is 12.8. The quantitative estimate of drug-likeness (QED) is 0.816. The van der Waals surface area contributed by atoms with Gasteiger partial charge in [0.05, 0.1) is 19.1 Å². The minimum absolute atomic E-state index is 0.147. The third-order valence-electron chi connectivity index (χ3n) is 2.01. The van der Waals surface area contributed by atoms with Gasteiger partial charge in [-0.1, -0.05) is 12.2 Å². The van der Waals surface area contributed by atoms with E-state index < -0.39 is 17.8 Å². The van der Waals surface area contributed by atoms with Crippen molar-refractivity contribution in [3.8, 4) is 0 Å². The normalized spacial score (nSPS) is 10.5. The van der Waals surface area contributed by atoms with E-state index in [0.29, 0.717) is 0 Å². The van der Waals surface area contributed by atoms with Gasteiger partial charge in [0.15, 0.2) is 0 Å². The van der Waals surface area contributed by atoms with Crippen LogP contribution in [0.3, 0.4) is 0 Å². The number of halogens is 1. The van der Waals surface area contributed by atoms with E-state index in [2.05, 4.69) is 4.74 Å². The number of carbonyl (C=O) groups is 2. The number of esters is 1. The van der Waals surface area contributed by atoms with Gasteiger partial charge in [0.1, 0.15) is 5.82 Å². The smallest absolute Gasteiger partial charge is 0.337 e. The number of rotatable bonds is 4. The van der Waals surface area contributed by atoms with Crippen molar-refractivity contribution in [1.29, 1.82) is 0 Å². The zero-order valence-corrected chi connectivity index (χ0v) is 9.14. The summed E-state index contributed by atoms with van der Waals surface area (Å²) in [6.07, 6.45) is 2.42. The van der Waals surface area contributed by atoms with E-state index in [1.165, 1.54) is 31.4 Å². The summed E-state index contributed by atoms with van der Waals surface area (Å²) >= 11 is 0. The fraction of sp³-hybridized carbons (Fsp3) is 0.167. The summed E-state index contributed by atoms with van der Waals surface area (Å²) in [6.45, 7) is 0. The number of hydrogen-bond donors (Lipinski definition) is 1. The summed E-state index contributed by atoms with van der Waals surface area (Å²) < 4.78 is 17.8. The lowest BCUT2D eigenvalue weighted by Gasteiger charge is -2.01. The maximum atomic E-state index is 13.3. The van der Waals surface area contributed by atoms with Gasteiger partial charge in [-0.15, -0.1) is 0 Å². The second kappa shape index (κ2) is 5.79. The Morgan fingerprint density at radius 1 is 1.47 bits per heavy atom. The first-order valence-corrected chi connectivity index (χ1v) is 4.81. The Morgan fingerprint density at radius 3 is 2.76 bits per heavy atom. The fourth-order valence-electron chi connectivity index (χ4n) is 1.20. The largest absolute Gasteiger partial charge is 0.481 e. The predicted molar refractivity (Wildman–Crippen MR) is 59.0 cm³/mol. The molecule has 0 aliphatic carbocycles. The van der Waals surface area contributed by atoms with E-state index in [-0.39, 0.29) is 17.5 Å². The van der Waals surface area contributed by atoms with Crippen LogP contribution in [0.15, 0.2) is 24.3 Å². The number of carboxylic acid groups (broad SMARTS) is 1. The van der Waals surface area contributed by atoms with E-state index >= 15 is 0 Å². The molecule has 1 N–H and O–H groups in total. The first-order valence-electron chi connectivity index (χ1n) is 4.81. The molecule has 0 amide bonds. The van der Waals surface area contributed by atoms with Crippen LogP contribution in [0.1, 0.15) is 22.3 Å². The lowest BCUT2D eigenvalue weighted by molar-refractivity contribution is -0.135. The monoisotopic (exact) mass is 238 g/mol. The SMILES string of the molecule is COC(=O)c1ccc(F)c(C=CCC(=O)O)c1. The molecule has 0 spiro atoms. The Morgan fingerprint density at radius 2 is 2.18 bits per heavy atom. The average Bonchev–Trinajstić information content (AvgIpc) is 2.30. The van der Waals surface area contributed by atoms with Crippen LogP contribution in [0.2, 0.25) is 0 Å². The summed E-state index contributed by atoms with van der Waals surface area (Å²) in [4.78, 5) is 21.5. The van der Waals surface area contributed by atoms with Crippen LogP contribution in [0, 0.1) is 5.82 Å². The van der Waals surface area contributed by atoms with Crippen LogP contribution in [0.5, 0.6) is 0 Å². The van der Waals surface area contributed by atoms with Crippen molar-refractivity contribution >= 4 is 18.0 Å². The van der Waals surface area contributed by atoms with Crippen molar-refractivity contribution in [3.63, 3.8) is 0 Å². The third kappa shape index (κ3) is 3.71. The molecule has 0 atom stereocenters. The zero-order valence-electron chi connectivity index (χ0n) is 9.14. The molecule has 1 aromatic carbocycles. The van der Waals surface area contributed by atoms with Crippen molar-refractivity contribution in [1.82, 2.24) is 0 Å². The number of carboxylic acids is 1. The summed E-state index contributed by atoms with van der Waals surface area (Å²) in [5.41, 5.74) is 0.359. The topological polar surface area (TPSA) is 63.6 Å². The molecule has 5 heteroatoms. The summed E-state index contributed by atoms with van der Waals surface area (Å²) in [7, 11) is 1.23. The van der Waals surface area contributed by atoms with Crippen molar-refractivity contribution in [2.24, 2.45) is 0 Å². The molecule has 17 heavy (non-hydrogen) atoms. The Hall–Kier alpha value is -2.17. The number of carbonyl (C=O) groups excluding carboxylic acids is 1. The molecule has 4 nitrogen and oxygen atoms in total. The van der Waals surface area contributed by atoms with Crippen LogP contribution in [-0.4, -0.2) is 24.2 Å². The van der Waals surface area contributed by atoms with E-state index in [4.69, 9.17) is 5.11 Å². The lowest BCUT2D eigenvalue weighted by atomic mass is 10.1. The van der Waals surface area contributed by atoms with Gasteiger partial charge in [-0.25, -0.2) is 9.18 Å². The molecule has 0 aliphatic rings. The molecule has 0 bridgehead atoms. The van der Waals surface area contributed by atoms with Crippen LogP contribution < -0.4 is 0 Å². The van der Waals surface area contributed by atoms with Crippen molar-refractivity contribution in [2.45, 2.75) is 6.42 Å². The highest BCUT2D eigenvalue weighted by molar-refractivity contribution is 5.90. The van der Waals surface area contributed by atoms with Crippen LogP contribution in [-0.2, 0) is 9.53 Å². The number of methoxy groups -OCH3 is 1. The number of ether oxygens (including phenoxy) is 1. The molecule has 0 aromatic heterocycles. The standard InChI is InChI=1S/C12H11FO4/c1-17-12(16)9-5-6-10(13)8(7-9)3-2-4-11(14)15/h2-3,5-7H,4H2,1H3,(H,14,15). The Kier molecular flexibility index (Phi) is 4.39. The molecular formula is C12H11FO4. The van der Waals surface area contributed by atoms with Gasteiger partial charge < -0.3 is 9.84 Å². The highest BCUT2D eigenvalue weighted by atomic mass is 19.1.